The summed E-state index contributed by atoms with van der Waals surface area (Å²) >= 11 is 6.14. The van der Waals surface area contributed by atoms with Crippen LogP contribution in [0.4, 0.5) is 0 Å². The Morgan fingerprint density at radius 2 is 1.79 bits per heavy atom. The van der Waals surface area contributed by atoms with Crippen LogP contribution in [0.5, 0.6) is 0 Å². The maximum Gasteiger partial charge on any atom is 0.271 e. The second-order valence-electron chi connectivity index (χ2n) is 7.03. The van der Waals surface area contributed by atoms with Gasteiger partial charge in [0.2, 0.25) is 0 Å². The summed E-state index contributed by atoms with van der Waals surface area (Å²) in [6.07, 6.45) is 1.84. The van der Waals surface area contributed by atoms with Gasteiger partial charge in [0.25, 0.3) is 11.8 Å². The number of halogens is 1. The van der Waals surface area contributed by atoms with Gasteiger partial charge in [-0.05, 0) is 31.2 Å². The van der Waals surface area contributed by atoms with Gasteiger partial charge in [-0.25, -0.2) is 4.98 Å². The summed E-state index contributed by atoms with van der Waals surface area (Å²) in [5.74, 6) is -0.212. The highest BCUT2D eigenvalue weighted by molar-refractivity contribution is 6.33. The van der Waals surface area contributed by atoms with E-state index in [4.69, 9.17) is 11.6 Å². The number of pyridine rings is 1. The van der Waals surface area contributed by atoms with Gasteiger partial charge in [-0.1, -0.05) is 29.8 Å². The van der Waals surface area contributed by atoms with Crippen molar-refractivity contribution in [3.8, 4) is 0 Å². The predicted molar refractivity (Wildman–Crippen MR) is 111 cm³/mol. The van der Waals surface area contributed by atoms with Crippen molar-refractivity contribution in [2.24, 2.45) is 0 Å². The molecule has 0 saturated carbocycles. The Morgan fingerprint density at radius 3 is 2.55 bits per heavy atom. The van der Waals surface area contributed by atoms with Crippen LogP contribution in [-0.4, -0.2) is 63.8 Å². The van der Waals surface area contributed by atoms with E-state index < -0.39 is 0 Å². The first-order valence-corrected chi connectivity index (χ1v) is 9.90. The van der Waals surface area contributed by atoms with Crippen LogP contribution in [0.3, 0.4) is 0 Å². The molecule has 3 heterocycles. The zero-order valence-corrected chi connectivity index (χ0v) is 16.9. The van der Waals surface area contributed by atoms with Gasteiger partial charge >= 0.3 is 0 Å². The van der Waals surface area contributed by atoms with E-state index in [0.29, 0.717) is 54.8 Å². The lowest BCUT2D eigenvalue weighted by Crippen LogP contribution is -2.51. The number of hydrogen-bond donors (Lipinski definition) is 1. The van der Waals surface area contributed by atoms with Crippen molar-refractivity contribution in [1.82, 2.24) is 24.5 Å². The molecule has 1 fully saturated rings. The van der Waals surface area contributed by atoms with Crippen LogP contribution in [0.2, 0.25) is 5.02 Å². The minimum Gasteiger partial charge on any atom is -0.338 e. The zero-order valence-electron chi connectivity index (χ0n) is 16.1. The first kappa shape index (κ1) is 19.4. The van der Waals surface area contributed by atoms with Crippen molar-refractivity contribution in [3.05, 3.63) is 70.6 Å². The summed E-state index contributed by atoms with van der Waals surface area (Å²) in [5.41, 5.74) is 2.53. The number of benzene rings is 1. The molecular weight excluding hydrogens is 390 g/mol. The summed E-state index contributed by atoms with van der Waals surface area (Å²) in [7, 11) is 0. The molecule has 0 bridgehead atoms. The fraction of sp³-hybridized carbons (Fsp3) is 0.286. The summed E-state index contributed by atoms with van der Waals surface area (Å²) in [5, 5.41) is 3.44. The van der Waals surface area contributed by atoms with Gasteiger partial charge in [0.15, 0.2) is 0 Å². The molecule has 150 valence electrons. The van der Waals surface area contributed by atoms with Gasteiger partial charge in [-0.3, -0.25) is 18.9 Å². The number of aromatic nitrogens is 2. The van der Waals surface area contributed by atoms with Crippen molar-refractivity contribution in [2.75, 3.05) is 32.8 Å². The molecule has 0 aliphatic carbocycles. The van der Waals surface area contributed by atoms with E-state index in [1.807, 2.05) is 43.5 Å². The standard InChI is InChI=1S/C21H22ClN5O2/c1-15-19(27-9-5-4-8-18(27)24-15)20(28)23-14-25-10-12-26(13-11-25)21(29)16-6-2-3-7-17(16)22/h2-9H,10-14H2,1H3,(H,23,28). The third kappa shape index (κ3) is 3.97. The van der Waals surface area contributed by atoms with E-state index >= 15 is 0 Å². The molecule has 0 atom stereocenters. The smallest absolute Gasteiger partial charge is 0.271 e. The van der Waals surface area contributed by atoms with Gasteiger partial charge in [-0.15, -0.1) is 0 Å². The van der Waals surface area contributed by atoms with Crippen molar-refractivity contribution >= 4 is 29.1 Å². The van der Waals surface area contributed by atoms with E-state index in [0.717, 1.165) is 5.65 Å². The van der Waals surface area contributed by atoms with Crippen LogP contribution < -0.4 is 5.32 Å². The summed E-state index contributed by atoms with van der Waals surface area (Å²) in [6.45, 7) is 4.81. The number of carbonyl (C=O) groups excluding carboxylic acids is 2. The largest absolute Gasteiger partial charge is 0.338 e. The number of hydrogen-bond acceptors (Lipinski definition) is 4. The monoisotopic (exact) mass is 411 g/mol. The van der Waals surface area contributed by atoms with Crippen LogP contribution in [0.1, 0.15) is 26.5 Å². The highest BCUT2D eigenvalue weighted by Crippen LogP contribution is 2.18. The van der Waals surface area contributed by atoms with Crippen molar-refractivity contribution in [3.63, 3.8) is 0 Å². The molecule has 1 aliphatic rings. The zero-order chi connectivity index (χ0) is 20.4. The minimum absolute atomic E-state index is 0.0550. The summed E-state index contributed by atoms with van der Waals surface area (Å²) in [4.78, 5) is 33.7. The molecule has 0 radical (unpaired) electrons. The van der Waals surface area contributed by atoms with Gasteiger partial charge in [0, 0.05) is 32.4 Å². The molecule has 7 nitrogen and oxygen atoms in total. The van der Waals surface area contributed by atoms with Crippen molar-refractivity contribution in [1.29, 1.82) is 0 Å². The van der Waals surface area contributed by atoms with Crippen LogP contribution >= 0.6 is 11.6 Å². The Labute approximate surface area is 173 Å². The number of fused-ring (bicyclic) bond motifs is 1. The molecule has 1 saturated heterocycles. The SMILES string of the molecule is Cc1nc2ccccn2c1C(=O)NCN1CCN(C(=O)c2ccccc2Cl)CC1. The fourth-order valence-corrected chi connectivity index (χ4v) is 3.79. The number of amides is 2. The average Bonchev–Trinajstić information content (AvgIpc) is 3.08. The lowest BCUT2D eigenvalue weighted by molar-refractivity contribution is 0.0614. The summed E-state index contributed by atoms with van der Waals surface area (Å²) < 4.78 is 1.80. The van der Waals surface area contributed by atoms with E-state index in [9.17, 15) is 9.59 Å². The Balaban J connectivity index is 1.33. The van der Waals surface area contributed by atoms with E-state index in [1.54, 1.807) is 21.4 Å². The first-order chi connectivity index (χ1) is 14.0. The number of nitrogens with zero attached hydrogens (tertiary/aromatic N) is 4. The first-order valence-electron chi connectivity index (χ1n) is 9.52. The molecule has 0 spiro atoms. The average molecular weight is 412 g/mol. The molecule has 8 heteroatoms. The maximum absolute atomic E-state index is 12.7. The number of nitrogens with one attached hydrogen (secondary N) is 1. The Morgan fingerprint density at radius 1 is 1.07 bits per heavy atom. The Bertz CT molecular complexity index is 1060. The molecule has 3 aromatic rings. The van der Waals surface area contributed by atoms with Crippen molar-refractivity contribution in [2.45, 2.75) is 6.92 Å². The Kier molecular flexibility index (Phi) is 5.51. The minimum atomic E-state index is -0.157. The van der Waals surface area contributed by atoms with Gasteiger partial charge in [0.05, 0.1) is 22.9 Å². The number of aryl methyl sites for hydroxylation is 1. The number of imidazole rings is 1. The second-order valence-corrected chi connectivity index (χ2v) is 7.44. The molecule has 1 N–H and O–H groups in total. The molecule has 1 aliphatic heterocycles. The number of rotatable bonds is 4. The van der Waals surface area contributed by atoms with Crippen molar-refractivity contribution < 1.29 is 9.59 Å². The fourth-order valence-electron chi connectivity index (χ4n) is 3.57. The normalized spacial score (nSPS) is 14.9. The number of carbonyl (C=O) groups is 2. The van der Waals surface area contributed by atoms with Gasteiger partial charge in [-0.2, -0.15) is 0 Å². The van der Waals surface area contributed by atoms with E-state index in [2.05, 4.69) is 15.2 Å². The Hall–Kier alpha value is -2.90. The topological polar surface area (TPSA) is 70.0 Å². The maximum atomic E-state index is 12.7. The quantitative estimate of drug-likeness (QED) is 0.716. The molecule has 2 aromatic heterocycles. The second kappa shape index (κ2) is 8.23. The van der Waals surface area contributed by atoms with Gasteiger partial charge in [0.1, 0.15) is 11.3 Å². The van der Waals surface area contributed by atoms with Crippen LogP contribution in [-0.2, 0) is 0 Å². The highest BCUT2D eigenvalue weighted by atomic mass is 35.5. The molecule has 1 aromatic carbocycles. The molecular formula is C21H22ClN5O2. The molecule has 4 rings (SSSR count). The van der Waals surface area contributed by atoms with Gasteiger partial charge < -0.3 is 10.2 Å². The molecule has 29 heavy (non-hydrogen) atoms. The number of piperazine rings is 1. The lowest BCUT2D eigenvalue weighted by Gasteiger charge is -2.34. The summed E-state index contributed by atoms with van der Waals surface area (Å²) in [6, 6.07) is 12.7. The highest BCUT2D eigenvalue weighted by Gasteiger charge is 2.24. The van der Waals surface area contributed by atoms with E-state index in [-0.39, 0.29) is 11.8 Å². The van der Waals surface area contributed by atoms with Crippen LogP contribution in [0, 0.1) is 6.92 Å². The molecule has 0 unspecified atom stereocenters. The van der Waals surface area contributed by atoms with Crippen LogP contribution in [0.25, 0.3) is 5.65 Å². The third-order valence-corrected chi connectivity index (χ3v) is 5.48. The lowest BCUT2D eigenvalue weighted by atomic mass is 10.2. The van der Waals surface area contributed by atoms with E-state index in [1.165, 1.54) is 0 Å². The van der Waals surface area contributed by atoms with Crippen LogP contribution in [0.15, 0.2) is 48.7 Å². The third-order valence-electron chi connectivity index (χ3n) is 5.15. The predicted octanol–water partition coefficient (Wildman–Crippen LogP) is 2.44. The molecule has 2 amide bonds.